The third kappa shape index (κ3) is 4.55. The first kappa shape index (κ1) is 14.9. The number of amides is 1. The van der Waals surface area contributed by atoms with Crippen molar-refractivity contribution >= 4 is 17.3 Å². The SMILES string of the molecule is CN(CC(=O)NCCCN)c1ccccc1[N+](=O)[O-]. The van der Waals surface area contributed by atoms with E-state index in [0.29, 0.717) is 25.2 Å². The Bertz CT molecular complexity index is 450. The molecule has 0 unspecified atom stereocenters. The van der Waals surface area contributed by atoms with Crippen molar-refractivity contribution in [3.05, 3.63) is 34.4 Å². The molecule has 1 rings (SSSR count). The first-order chi connectivity index (χ1) is 9.06. The normalized spacial score (nSPS) is 10.0. The molecule has 0 bridgehead atoms. The Labute approximate surface area is 111 Å². The molecule has 0 aromatic heterocycles. The highest BCUT2D eigenvalue weighted by molar-refractivity contribution is 5.82. The molecule has 7 nitrogen and oxygen atoms in total. The molecule has 0 radical (unpaired) electrons. The molecule has 19 heavy (non-hydrogen) atoms. The van der Waals surface area contributed by atoms with Crippen molar-refractivity contribution in [2.45, 2.75) is 6.42 Å². The van der Waals surface area contributed by atoms with Gasteiger partial charge in [-0.05, 0) is 19.0 Å². The van der Waals surface area contributed by atoms with Crippen LogP contribution in [0.15, 0.2) is 24.3 Å². The molecule has 7 heteroatoms. The second-order valence-corrected chi connectivity index (χ2v) is 4.09. The Morgan fingerprint density at radius 2 is 2.16 bits per heavy atom. The van der Waals surface area contributed by atoms with E-state index in [1.54, 1.807) is 30.1 Å². The Hall–Kier alpha value is -2.15. The number of nitrogens with zero attached hydrogens (tertiary/aromatic N) is 2. The monoisotopic (exact) mass is 266 g/mol. The second kappa shape index (κ2) is 7.32. The van der Waals surface area contributed by atoms with Gasteiger partial charge in [-0.15, -0.1) is 0 Å². The fourth-order valence-electron chi connectivity index (χ4n) is 1.63. The number of carbonyl (C=O) groups excluding carboxylic acids is 1. The summed E-state index contributed by atoms with van der Waals surface area (Å²) in [5.74, 6) is -0.186. The summed E-state index contributed by atoms with van der Waals surface area (Å²) < 4.78 is 0. The van der Waals surface area contributed by atoms with E-state index in [0.717, 1.165) is 0 Å². The predicted molar refractivity (Wildman–Crippen MR) is 73.0 cm³/mol. The fourth-order valence-corrected chi connectivity index (χ4v) is 1.63. The van der Waals surface area contributed by atoms with Crippen LogP contribution >= 0.6 is 0 Å². The van der Waals surface area contributed by atoms with Gasteiger partial charge in [0.15, 0.2) is 0 Å². The van der Waals surface area contributed by atoms with Crippen molar-refractivity contribution in [3.8, 4) is 0 Å². The fraction of sp³-hybridized carbons (Fsp3) is 0.417. The van der Waals surface area contributed by atoms with Crippen LogP contribution in [0.1, 0.15) is 6.42 Å². The number of nitrogens with one attached hydrogen (secondary N) is 1. The number of nitro groups is 1. The number of nitrogens with two attached hydrogens (primary N) is 1. The Balaban J connectivity index is 2.65. The number of para-hydroxylation sites is 2. The van der Waals surface area contributed by atoms with Crippen molar-refractivity contribution in [1.82, 2.24) is 5.32 Å². The predicted octanol–water partition coefficient (Wildman–Crippen LogP) is 0.496. The van der Waals surface area contributed by atoms with Gasteiger partial charge in [0.05, 0.1) is 11.5 Å². The molecule has 0 atom stereocenters. The van der Waals surface area contributed by atoms with Crippen LogP contribution < -0.4 is 16.0 Å². The summed E-state index contributed by atoms with van der Waals surface area (Å²) in [6, 6.07) is 6.32. The van der Waals surface area contributed by atoms with Gasteiger partial charge < -0.3 is 16.0 Å². The van der Waals surface area contributed by atoms with E-state index in [1.807, 2.05) is 0 Å². The summed E-state index contributed by atoms with van der Waals surface area (Å²) in [5.41, 5.74) is 5.73. The van der Waals surface area contributed by atoms with Crippen LogP contribution in [0.3, 0.4) is 0 Å². The van der Waals surface area contributed by atoms with Gasteiger partial charge in [0.2, 0.25) is 5.91 Å². The first-order valence-corrected chi connectivity index (χ1v) is 5.97. The Morgan fingerprint density at radius 1 is 1.47 bits per heavy atom. The van der Waals surface area contributed by atoms with E-state index in [4.69, 9.17) is 5.73 Å². The minimum Gasteiger partial charge on any atom is -0.360 e. The van der Waals surface area contributed by atoms with E-state index in [2.05, 4.69) is 5.32 Å². The van der Waals surface area contributed by atoms with Crippen molar-refractivity contribution < 1.29 is 9.72 Å². The number of nitro benzene ring substituents is 1. The van der Waals surface area contributed by atoms with Crippen LogP contribution in [0.5, 0.6) is 0 Å². The number of benzene rings is 1. The smallest absolute Gasteiger partial charge is 0.292 e. The largest absolute Gasteiger partial charge is 0.360 e. The first-order valence-electron chi connectivity index (χ1n) is 5.97. The maximum absolute atomic E-state index is 11.6. The van der Waals surface area contributed by atoms with Gasteiger partial charge in [0, 0.05) is 19.7 Å². The van der Waals surface area contributed by atoms with Gasteiger partial charge in [-0.2, -0.15) is 0 Å². The maximum atomic E-state index is 11.6. The van der Waals surface area contributed by atoms with Crippen molar-refractivity contribution in [2.75, 3.05) is 31.6 Å². The number of rotatable bonds is 7. The molecule has 1 aromatic carbocycles. The van der Waals surface area contributed by atoms with Crippen LogP contribution in [0.25, 0.3) is 0 Å². The molecule has 1 aromatic rings. The van der Waals surface area contributed by atoms with Gasteiger partial charge in [-0.1, -0.05) is 12.1 Å². The lowest BCUT2D eigenvalue weighted by Crippen LogP contribution is -2.36. The van der Waals surface area contributed by atoms with Crippen LogP contribution in [-0.4, -0.2) is 37.5 Å². The molecule has 3 N–H and O–H groups in total. The van der Waals surface area contributed by atoms with Crippen LogP contribution in [0, 0.1) is 10.1 Å². The summed E-state index contributed by atoms with van der Waals surface area (Å²) in [6.45, 7) is 1.09. The minimum atomic E-state index is -0.460. The number of hydrogen-bond acceptors (Lipinski definition) is 5. The number of likely N-dealkylation sites (N-methyl/N-ethyl adjacent to an activating group) is 1. The highest BCUT2D eigenvalue weighted by Crippen LogP contribution is 2.26. The molecule has 1 amide bonds. The Morgan fingerprint density at radius 3 is 2.79 bits per heavy atom. The molecule has 0 saturated carbocycles. The second-order valence-electron chi connectivity index (χ2n) is 4.09. The van der Waals surface area contributed by atoms with Gasteiger partial charge >= 0.3 is 0 Å². The standard InChI is InChI=1S/C12H18N4O3/c1-15(9-12(17)14-8-4-7-13)10-5-2-3-6-11(10)16(18)19/h2-3,5-6H,4,7-9,13H2,1H3,(H,14,17). The van der Waals surface area contributed by atoms with Gasteiger partial charge in [0.25, 0.3) is 5.69 Å². The summed E-state index contributed by atoms with van der Waals surface area (Å²) >= 11 is 0. The number of carbonyl (C=O) groups is 1. The van der Waals surface area contributed by atoms with E-state index < -0.39 is 4.92 Å². The van der Waals surface area contributed by atoms with Crippen LogP contribution in [-0.2, 0) is 4.79 Å². The summed E-state index contributed by atoms with van der Waals surface area (Å²) in [7, 11) is 1.64. The molecule has 104 valence electrons. The van der Waals surface area contributed by atoms with Gasteiger partial charge in [-0.3, -0.25) is 14.9 Å². The highest BCUT2D eigenvalue weighted by Gasteiger charge is 2.17. The molecule has 0 fully saturated rings. The van der Waals surface area contributed by atoms with Crippen molar-refractivity contribution in [1.29, 1.82) is 0 Å². The summed E-state index contributed by atoms with van der Waals surface area (Å²) in [6.07, 6.45) is 0.709. The molecule has 0 saturated heterocycles. The molecule has 0 spiro atoms. The molecule has 0 aliphatic heterocycles. The van der Waals surface area contributed by atoms with Crippen LogP contribution in [0.2, 0.25) is 0 Å². The zero-order chi connectivity index (χ0) is 14.3. The van der Waals surface area contributed by atoms with Crippen molar-refractivity contribution in [2.24, 2.45) is 5.73 Å². The van der Waals surface area contributed by atoms with E-state index >= 15 is 0 Å². The van der Waals surface area contributed by atoms with E-state index in [1.165, 1.54) is 6.07 Å². The molecular weight excluding hydrogens is 248 g/mol. The Kier molecular flexibility index (Phi) is 5.74. The molecule has 0 aliphatic rings. The van der Waals surface area contributed by atoms with E-state index in [9.17, 15) is 14.9 Å². The van der Waals surface area contributed by atoms with Gasteiger partial charge in [-0.25, -0.2) is 0 Å². The average molecular weight is 266 g/mol. The van der Waals surface area contributed by atoms with Crippen molar-refractivity contribution in [3.63, 3.8) is 0 Å². The summed E-state index contributed by atoms with van der Waals surface area (Å²) in [5, 5.41) is 13.6. The van der Waals surface area contributed by atoms with Gasteiger partial charge in [0.1, 0.15) is 5.69 Å². The number of anilines is 1. The lowest BCUT2D eigenvalue weighted by Gasteiger charge is -2.18. The zero-order valence-electron chi connectivity index (χ0n) is 10.8. The summed E-state index contributed by atoms with van der Waals surface area (Å²) in [4.78, 5) is 23.6. The lowest BCUT2D eigenvalue weighted by atomic mass is 10.2. The van der Waals surface area contributed by atoms with E-state index in [-0.39, 0.29) is 18.1 Å². The zero-order valence-corrected chi connectivity index (χ0v) is 10.8. The topological polar surface area (TPSA) is 102 Å². The molecular formula is C12H18N4O3. The quantitative estimate of drug-likeness (QED) is 0.425. The maximum Gasteiger partial charge on any atom is 0.292 e. The highest BCUT2D eigenvalue weighted by atomic mass is 16.6. The average Bonchev–Trinajstić information content (AvgIpc) is 2.39. The van der Waals surface area contributed by atoms with Crippen LogP contribution in [0.4, 0.5) is 11.4 Å². The third-order valence-corrected chi connectivity index (χ3v) is 2.57. The third-order valence-electron chi connectivity index (χ3n) is 2.57. The molecule has 0 heterocycles. The number of hydrogen-bond donors (Lipinski definition) is 2. The minimum absolute atomic E-state index is 0.0141. The lowest BCUT2D eigenvalue weighted by molar-refractivity contribution is -0.384. The molecule has 0 aliphatic carbocycles.